The lowest BCUT2D eigenvalue weighted by molar-refractivity contribution is 0.918. The molecular formula is C57H38N4. The summed E-state index contributed by atoms with van der Waals surface area (Å²) in [6.07, 6.45) is 0. The Kier molecular flexibility index (Phi) is 9.14. The summed E-state index contributed by atoms with van der Waals surface area (Å²) in [4.78, 5) is 10.4. The highest BCUT2D eigenvalue weighted by atomic mass is 15.3. The van der Waals surface area contributed by atoms with E-state index < -0.39 is 0 Å². The second-order valence-electron chi connectivity index (χ2n) is 15.3. The van der Waals surface area contributed by atoms with Gasteiger partial charge in [0.1, 0.15) is 5.69 Å². The molecule has 0 bridgehead atoms. The topological polar surface area (TPSA) is 43.6 Å². The number of para-hydroxylation sites is 1. The molecule has 0 aliphatic rings. The average molecular weight is 779 g/mol. The van der Waals surface area contributed by atoms with Crippen LogP contribution in [0.5, 0.6) is 0 Å². The molecule has 0 N–H and O–H groups in total. The maximum absolute atomic E-state index is 5.37. The van der Waals surface area contributed by atoms with Crippen molar-refractivity contribution >= 4 is 21.7 Å². The Balaban J connectivity index is 1.08. The maximum atomic E-state index is 5.37. The van der Waals surface area contributed by atoms with E-state index in [1.54, 1.807) is 0 Å². The summed E-state index contributed by atoms with van der Waals surface area (Å²) in [6, 6.07) is 81.0. The SMILES string of the molecule is c1ccc(-c2cccc(-c3nc(-c4ccccc4)cc(-c4cccc(-c5ccc6c(c5)cc(-c5ccccc5)c5c(-c7ccccc7)nn(-c7ccccc7)c56)c4)n3)c2)cc1. The van der Waals surface area contributed by atoms with E-state index in [1.165, 1.54) is 0 Å². The maximum Gasteiger partial charge on any atom is 0.160 e. The summed E-state index contributed by atoms with van der Waals surface area (Å²) in [5.41, 5.74) is 15.7. The van der Waals surface area contributed by atoms with E-state index in [2.05, 4.69) is 223 Å². The van der Waals surface area contributed by atoms with Gasteiger partial charge in [-0.3, -0.25) is 0 Å². The highest BCUT2D eigenvalue weighted by molar-refractivity contribution is 6.17. The minimum absolute atomic E-state index is 0.688. The van der Waals surface area contributed by atoms with E-state index in [-0.39, 0.29) is 0 Å². The Bertz CT molecular complexity index is 3320. The minimum Gasteiger partial charge on any atom is -0.232 e. The molecule has 4 heteroatoms. The molecule has 0 saturated carbocycles. The van der Waals surface area contributed by atoms with Gasteiger partial charge in [-0.1, -0.05) is 188 Å². The van der Waals surface area contributed by atoms with Crippen molar-refractivity contribution in [3.63, 3.8) is 0 Å². The van der Waals surface area contributed by atoms with Gasteiger partial charge in [-0.05, 0) is 81.2 Å². The number of aromatic nitrogens is 4. The van der Waals surface area contributed by atoms with Crippen LogP contribution in [0.2, 0.25) is 0 Å². The molecule has 0 aliphatic heterocycles. The Morgan fingerprint density at radius 3 is 1.49 bits per heavy atom. The van der Waals surface area contributed by atoms with Crippen LogP contribution in [-0.4, -0.2) is 19.7 Å². The fourth-order valence-corrected chi connectivity index (χ4v) is 8.43. The fraction of sp³-hybridized carbons (Fsp3) is 0. The van der Waals surface area contributed by atoms with Crippen LogP contribution in [0.15, 0.2) is 231 Å². The van der Waals surface area contributed by atoms with Gasteiger partial charge in [0.25, 0.3) is 0 Å². The van der Waals surface area contributed by atoms with Gasteiger partial charge in [0, 0.05) is 33.0 Å². The minimum atomic E-state index is 0.688. The largest absolute Gasteiger partial charge is 0.232 e. The monoisotopic (exact) mass is 778 g/mol. The van der Waals surface area contributed by atoms with Gasteiger partial charge in [0.15, 0.2) is 5.82 Å². The molecule has 286 valence electrons. The summed E-state index contributed by atoms with van der Waals surface area (Å²) in [6.45, 7) is 0. The number of fused-ring (bicyclic) bond motifs is 3. The van der Waals surface area contributed by atoms with E-state index in [1.807, 2.05) is 12.1 Å². The van der Waals surface area contributed by atoms with Crippen molar-refractivity contribution in [3.05, 3.63) is 231 Å². The third-order valence-corrected chi connectivity index (χ3v) is 11.4. The van der Waals surface area contributed by atoms with Crippen LogP contribution in [0.1, 0.15) is 0 Å². The first-order valence-electron chi connectivity index (χ1n) is 20.6. The van der Waals surface area contributed by atoms with Gasteiger partial charge < -0.3 is 0 Å². The second-order valence-corrected chi connectivity index (χ2v) is 15.3. The van der Waals surface area contributed by atoms with Crippen LogP contribution in [0.4, 0.5) is 0 Å². The Labute approximate surface area is 354 Å². The van der Waals surface area contributed by atoms with E-state index in [0.29, 0.717) is 5.82 Å². The number of benzene rings is 9. The van der Waals surface area contributed by atoms with Gasteiger partial charge >= 0.3 is 0 Å². The molecule has 9 aromatic carbocycles. The molecule has 0 saturated heterocycles. The van der Waals surface area contributed by atoms with Gasteiger partial charge in [-0.25, -0.2) is 14.6 Å². The summed E-state index contributed by atoms with van der Waals surface area (Å²) in [5.74, 6) is 0.688. The zero-order valence-corrected chi connectivity index (χ0v) is 33.2. The standard InChI is InChI=1S/C57H38N4/c1-6-18-39(19-7-1)43-26-17-29-47(35-43)57-58-52(41-22-10-3-11-23-41)38-53(59-57)46-28-16-27-44(34-46)45-32-33-50-48(36-45)37-51(40-20-8-2-9-21-40)54-55(42-24-12-4-13-25-42)60-61(56(50)54)49-30-14-5-15-31-49/h1-38H. The predicted octanol–water partition coefficient (Wildman–Crippen LogP) is 14.6. The Hall–Kier alpha value is -8.21. The quantitative estimate of drug-likeness (QED) is 0.154. The first-order chi connectivity index (χ1) is 30.2. The van der Waals surface area contributed by atoms with Crippen molar-refractivity contribution in [3.8, 4) is 84.2 Å². The van der Waals surface area contributed by atoms with Crippen molar-refractivity contribution < 1.29 is 0 Å². The number of nitrogens with zero attached hydrogens (tertiary/aromatic N) is 4. The zero-order chi connectivity index (χ0) is 40.5. The van der Waals surface area contributed by atoms with Crippen molar-refractivity contribution in [2.24, 2.45) is 0 Å². The average Bonchev–Trinajstić information content (AvgIpc) is 3.76. The molecule has 0 unspecified atom stereocenters. The lowest BCUT2D eigenvalue weighted by Gasteiger charge is -2.13. The molecule has 11 rings (SSSR count). The van der Waals surface area contributed by atoms with Crippen molar-refractivity contribution in [2.75, 3.05) is 0 Å². The Morgan fingerprint density at radius 2 is 0.820 bits per heavy atom. The summed E-state index contributed by atoms with van der Waals surface area (Å²) in [7, 11) is 0. The molecule has 4 nitrogen and oxygen atoms in total. The molecule has 2 heterocycles. The zero-order valence-electron chi connectivity index (χ0n) is 33.2. The molecule has 11 aromatic rings. The second kappa shape index (κ2) is 15.5. The lowest BCUT2D eigenvalue weighted by atomic mass is 9.92. The molecule has 0 amide bonds. The van der Waals surface area contributed by atoms with Gasteiger partial charge in [0.05, 0.1) is 22.6 Å². The first kappa shape index (κ1) is 35.9. The van der Waals surface area contributed by atoms with Gasteiger partial charge in [0.2, 0.25) is 0 Å². The normalized spacial score (nSPS) is 11.3. The van der Waals surface area contributed by atoms with Crippen LogP contribution in [0, 0.1) is 0 Å². The summed E-state index contributed by atoms with van der Waals surface area (Å²) >= 11 is 0. The molecular weight excluding hydrogens is 741 g/mol. The molecule has 2 aromatic heterocycles. The number of rotatable bonds is 8. The van der Waals surface area contributed by atoms with Crippen LogP contribution in [0.25, 0.3) is 106 Å². The molecule has 0 aliphatic carbocycles. The van der Waals surface area contributed by atoms with Crippen molar-refractivity contribution in [1.29, 1.82) is 0 Å². The third-order valence-electron chi connectivity index (χ3n) is 11.4. The van der Waals surface area contributed by atoms with E-state index in [9.17, 15) is 0 Å². The van der Waals surface area contributed by atoms with E-state index in [4.69, 9.17) is 15.1 Å². The molecule has 0 radical (unpaired) electrons. The first-order valence-corrected chi connectivity index (χ1v) is 20.6. The fourth-order valence-electron chi connectivity index (χ4n) is 8.43. The summed E-state index contributed by atoms with van der Waals surface area (Å²) in [5, 5.41) is 8.78. The van der Waals surface area contributed by atoms with Crippen molar-refractivity contribution in [1.82, 2.24) is 19.7 Å². The van der Waals surface area contributed by atoms with E-state index in [0.717, 1.165) is 100 Å². The summed E-state index contributed by atoms with van der Waals surface area (Å²) < 4.78 is 2.12. The van der Waals surface area contributed by atoms with Crippen LogP contribution in [-0.2, 0) is 0 Å². The van der Waals surface area contributed by atoms with Crippen LogP contribution in [0.3, 0.4) is 0 Å². The van der Waals surface area contributed by atoms with Crippen molar-refractivity contribution in [2.45, 2.75) is 0 Å². The van der Waals surface area contributed by atoms with Crippen LogP contribution < -0.4 is 0 Å². The van der Waals surface area contributed by atoms with Gasteiger partial charge in [-0.2, -0.15) is 5.10 Å². The molecule has 0 fully saturated rings. The number of hydrogen-bond donors (Lipinski definition) is 0. The Morgan fingerprint density at radius 1 is 0.328 bits per heavy atom. The number of hydrogen-bond acceptors (Lipinski definition) is 3. The lowest BCUT2D eigenvalue weighted by Crippen LogP contribution is -1.97. The molecule has 0 atom stereocenters. The predicted molar refractivity (Wildman–Crippen MR) is 252 cm³/mol. The molecule has 61 heavy (non-hydrogen) atoms. The highest BCUT2D eigenvalue weighted by Crippen LogP contribution is 2.43. The smallest absolute Gasteiger partial charge is 0.160 e. The molecule has 0 spiro atoms. The van der Waals surface area contributed by atoms with Gasteiger partial charge in [-0.15, -0.1) is 0 Å². The van der Waals surface area contributed by atoms with E-state index >= 15 is 0 Å². The van der Waals surface area contributed by atoms with Crippen LogP contribution >= 0.6 is 0 Å². The third kappa shape index (κ3) is 6.86. The highest BCUT2D eigenvalue weighted by Gasteiger charge is 2.22.